The molecule has 0 atom stereocenters. The molecule has 3 aromatic rings. The zero-order valence-corrected chi connectivity index (χ0v) is 16.7. The fraction of sp³-hybridized carbons (Fsp3) is 0.105. The number of nitrogens with zero attached hydrogens (tertiary/aromatic N) is 1. The van der Waals surface area contributed by atoms with Crippen molar-refractivity contribution < 1.29 is 30.8 Å². The molecule has 30 heavy (non-hydrogen) atoms. The van der Waals surface area contributed by atoms with E-state index in [0.29, 0.717) is 4.31 Å². The first kappa shape index (κ1) is 21.8. The number of benzene rings is 2. The van der Waals surface area contributed by atoms with Gasteiger partial charge in [0.15, 0.2) is 0 Å². The molecule has 0 aliphatic heterocycles. The molecule has 0 fully saturated rings. The molecule has 0 bridgehead atoms. The van der Waals surface area contributed by atoms with E-state index in [1.165, 1.54) is 35.7 Å². The van der Waals surface area contributed by atoms with E-state index >= 15 is 0 Å². The van der Waals surface area contributed by atoms with Crippen molar-refractivity contribution in [3.8, 4) is 0 Å². The Labute approximate surface area is 173 Å². The molecule has 0 aliphatic carbocycles. The molecule has 0 saturated carbocycles. The zero-order chi connectivity index (χ0) is 21.9. The largest absolute Gasteiger partial charge is 0.418 e. The zero-order valence-electron chi connectivity index (χ0n) is 15.1. The SMILES string of the molecule is O=C(CN(c1ccccc1F)S(=O)(=O)c1cccs1)Nc1ccccc1C(F)(F)F. The highest BCUT2D eigenvalue weighted by molar-refractivity contribution is 7.94. The fourth-order valence-corrected chi connectivity index (χ4v) is 5.17. The van der Waals surface area contributed by atoms with Gasteiger partial charge in [0.1, 0.15) is 16.6 Å². The number of anilines is 2. The van der Waals surface area contributed by atoms with E-state index in [9.17, 15) is 30.8 Å². The van der Waals surface area contributed by atoms with Crippen LogP contribution in [0.25, 0.3) is 0 Å². The van der Waals surface area contributed by atoms with Crippen LogP contribution in [-0.2, 0) is 21.0 Å². The van der Waals surface area contributed by atoms with E-state index in [-0.39, 0.29) is 4.21 Å². The number of para-hydroxylation sites is 2. The van der Waals surface area contributed by atoms with Gasteiger partial charge in [-0.15, -0.1) is 11.3 Å². The Morgan fingerprint density at radius 2 is 1.67 bits per heavy atom. The van der Waals surface area contributed by atoms with Gasteiger partial charge in [-0.1, -0.05) is 30.3 Å². The Balaban J connectivity index is 1.95. The maximum Gasteiger partial charge on any atom is 0.418 e. The van der Waals surface area contributed by atoms with E-state index < -0.39 is 51.4 Å². The summed E-state index contributed by atoms with van der Waals surface area (Å²) in [7, 11) is -4.33. The number of alkyl halides is 3. The molecule has 0 saturated heterocycles. The lowest BCUT2D eigenvalue weighted by atomic mass is 10.1. The lowest BCUT2D eigenvalue weighted by Crippen LogP contribution is -2.38. The molecule has 1 heterocycles. The molecule has 0 unspecified atom stereocenters. The number of carbonyl (C=O) groups is 1. The molecule has 2 aromatic carbocycles. The van der Waals surface area contributed by atoms with Crippen molar-refractivity contribution in [3.05, 3.63) is 77.4 Å². The maximum atomic E-state index is 14.3. The van der Waals surface area contributed by atoms with Gasteiger partial charge in [-0.05, 0) is 35.7 Å². The minimum Gasteiger partial charge on any atom is -0.324 e. The molecule has 1 aromatic heterocycles. The lowest BCUT2D eigenvalue weighted by Gasteiger charge is -2.24. The summed E-state index contributed by atoms with van der Waals surface area (Å²) in [5.41, 5.74) is -2.01. The molecule has 1 N–H and O–H groups in total. The molecule has 0 spiro atoms. The third-order valence-electron chi connectivity index (χ3n) is 3.95. The summed E-state index contributed by atoms with van der Waals surface area (Å²) in [5, 5.41) is 3.56. The maximum absolute atomic E-state index is 14.3. The summed E-state index contributed by atoms with van der Waals surface area (Å²) in [6.07, 6.45) is -4.72. The average molecular weight is 458 g/mol. The first-order chi connectivity index (χ1) is 14.1. The van der Waals surface area contributed by atoms with E-state index in [2.05, 4.69) is 5.32 Å². The highest BCUT2D eigenvalue weighted by Gasteiger charge is 2.34. The van der Waals surface area contributed by atoms with Crippen molar-refractivity contribution >= 4 is 38.6 Å². The Morgan fingerprint density at radius 3 is 2.30 bits per heavy atom. The summed E-state index contributed by atoms with van der Waals surface area (Å²) in [6, 6.07) is 11.9. The van der Waals surface area contributed by atoms with E-state index in [0.717, 1.165) is 41.7 Å². The fourth-order valence-electron chi connectivity index (χ4n) is 2.63. The minimum absolute atomic E-state index is 0.144. The minimum atomic E-state index is -4.72. The average Bonchev–Trinajstić information content (AvgIpc) is 3.22. The number of nitrogens with one attached hydrogen (secondary N) is 1. The molecule has 5 nitrogen and oxygen atoms in total. The monoisotopic (exact) mass is 458 g/mol. The number of hydrogen-bond donors (Lipinski definition) is 1. The van der Waals surface area contributed by atoms with E-state index in [1.807, 2.05) is 0 Å². The van der Waals surface area contributed by atoms with E-state index in [4.69, 9.17) is 0 Å². The van der Waals surface area contributed by atoms with Gasteiger partial charge in [-0.3, -0.25) is 9.10 Å². The van der Waals surface area contributed by atoms with Crippen LogP contribution in [0.15, 0.2) is 70.3 Å². The molecule has 1 amide bonds. The predicted octanol–water partition coefficient (Wildman–Crippen LogP) is 4.74. The van der Waals surface area contributed by atoms with E-state index in [1.54, 1.807) is 0 Å². The molecule has 0 aliphatic rings. The van der Waals surface area contributed by atoms with Crippen LogP contribution in [0.2, 0.25) is 0 Å². The highest BCUT2D eigenvalue weighted by Crippen LogP contribution is 2.35. The number of sulfonamides is 1. The van der Waals surface area contributed by atoms with Gasteiger partial charge in [0.25, 0.3) is 10.0 Å². The highest BCUT2D eigenvalue weighted by atomic mass is 32.2. The van der Waals surface area contributed by atoms with Crippen LogP contribution in [0.4, 0.5) is 28.9 Å². The number of amides is 1. The lowest BCUT2D eigenvalue weighted by molar-refractivity contribution is -0.137. The van der Waals surface area contributed by atoms with Crippen LogP contribution >= 0.6 is 11.3 Å². The van der Waals surface area contributed by atoms with Crippen LogP contribution < -0.4 is 9.62 Å². The second-order valence-electron chi connectivity index (χ2n) is 5.99. The van der Waals surface area contributed by atoms with Crippen LogP contribution in [0, 0.1) is 5.82 Å². The Morgan fingerprint density at radius 1 is 1.00 bits per heavy atom. The molecule has 158 valence electrons. The van der Waals surface area contributed by atoms with Crippen LogP contribution in [0.3, 0.4) is 0 Å². The van der Waals surface area contributed by atoms with Crippen molar-refractivity contribution in [2.45, 2.75) is 10.4 Å². The van der Waals surface area contributed by atoms with Crippen molar-refractivity contribution in [3.63, 3.8) is 0 Å². The summed E-state index contributed by atoms with van der Waals surface area (Å²) in [4.78, 5) is 12.5. The second kappa shape index (κ2) is 8.44. The first-order valence-corrected chi connectivity index (χ1v) is 10.7. The summed E-state index contributed by atoms with van der Waals surface area (Å²) in [5.74, 6) is -1.96. The van der Waals surface area contributed by atoms with Gasteiger partial charge in [0.05, 0.1) is 16.9 Å². The number of rotatable bonds is 6. The molecule has 0 radical (unpaired) electrons. The van der Waals surface area contributed by atoms with Gasteiger partial charge >= 0.3 is 6.18 Å². The number of hydrogen-bond acceptors (Lipinski definition) is 4. The van der Waals surface area contributed by atoms with Crippen LogP contribution in [0.1, 0.15) is 5.56 Å². The quantitative estimate of drug-likeness (QED) is 0.543. The summed E-state index contributed by atoms with van der Waals surface area (Å²) >= 11 is 0.863. The topological polar surface area (TPSA) is 66.5 Å². The normalized spacial score (nSPS) is 11.9. The Bertz CT molecular complexity index is 1150. The van der Waals surface area contributed by atoms with Gasteiger partial charge in [-0.2, -0.15) is 13.2 Å². The van der Waals surface area contributed by atoms with Crippen molar-refractivity contribution in [2.24, 2.45) is 0 Å². The molecule has 11 heteroatoms. The summed E-state index contributed by atoms with van der Waals surface area (Å²) < 4.78 is 80.1. The van der Waals surface area contributed by atoms with Crippen molar-refractivity contribution in [1.29, 1.82) is 0 Å². The predicted molar refractivity (Wildman–Crippen MR) is 105 cm³/mol. The van der Waals surface area contributed by atoms with Gasteiger partial charge in [0, 0.05) is 0 Å². The molecular formula is C19H14F4N2O3S2. The number of thiophene rings is 1. The second-order valence-corrected chi connectivity index (χ2v) is 9.02. The smallest absolute Gasteiger partial charge is 0.324 e. The van der Waals surface area contributed by atoms with Gasteiger partial charge in [-0.25, -0.2) is 12.8 Å². The van der Waals surface area contributed by atoms with Crippen LogP contribution in [-0.4, -0.2) is 20.9 Å². The standard InChI is InChI=1S/C19H14F4N2O3S2/c20-14-7-2-4-9-16(14)25(30(27,28)18-10-5-11-29-18)12-17(26)24-15-8-3-1-6-13(15)19(21,22)23/h1-11H,12H2,(H,24,26). The molecule has 3 rings (SSSR count). The van der Waals surface area contributed by atoms with Crippen LogP contribution in [0.5, 0.6) is 0 Å². The molecular weight excluding hydrogens is 444 g/mol. The number of carbonyl (C=O) groups excluding carboxylic acids is 1. The Kier molecular flexibility index (Phi) is 6.13. The summed E-state index contributed by atoms with van der Waals surface area (Å²) in [6.45, 7) is -0.923. The third-order valence-corrected chi connectivity index (χ3v) is 7.09. The van der Waals surface area contributed by atoms with Gasteiger partial charge < -0.3 is 5.32 Å². The number of halogens is 4. The van der Waals surface area contributed by atoms with Gasteiger partial charge in [0.2, 0.25) is 5.91 Å². The van der Waals surface area contributed by atoms with Crippen molar-refractivity contribution in [2.75, 3.05) is 16.2 Å². The Hall–Kier alpha value is -2.92. The first-order valence-electron chi connectivity index (χ1n) is 8.37. The van der Waals surface area contributed by atoms with Crippen molar-refractivity contribution in [1.82, 2.24) is 0 Å². The third kappa shape index (κ3) is 4.62.